The van der Waals surface area contributed by atoms with E-state index in [1.165, 1.54) is 0 Å². The maximum atomic E-state index is 13.2. The number of nitrogens with one attached hydrogen (secondary N) is 2. The van der Waals surface area contributed by atoms with E-state index in [0.717, 1.165) is 39.8 Å². The number of benzene rings is 3. The monoisotopic (exact) mass is 531 g/mol. The zero-order valence-electron chi connectivity index (χ0n) is 21.7. The van der Waals surface area contributed by atoms with Gasteiger partial charge >= 0.3 is 0 Å². The van der Waals surface area contributed by atoms with Gasteiger partial charge in [-0.05, 0) is 43.3 Å². The molecule has 0 bridgehead atoms. The number of hydrogen-bond donors (Lipinski definition) is 2. The number of rotatable bonds is 9. The first-order chi connectivity index (χ1) is 18.4. The summed E-state index contributed by atoms with van der Waals surface area (Å²) in [4.78, 5) is 10.5. The van der Waals surface area contributed by atoms with Gasteiger partial charge in [0.1, 0.15) is 11.6 Å². The summed E-state index contributed by atoms with van der Waals surface area (Å²) >= 11 is 0. The van der Waals surface area contributed by atoms with Gasteiger partial charge in [0.15, 0.2) is 0 Å². The third kappa shape index (κ3) is 5.75. The highest BCUT2D eigenvalue weighted by atomic mass is 32.2. The summed E-state index contributed by atoms with van der Waals surface area (Å²) in [5.41, 5.74) is 4.72. The Morgan fingerprint density at radius 1 is 0.947 bits per heavy atom. The summed E-state index contributed by atoms with van der Waals surface area (Å²) in [5, 5.41) is 0. The van der Waals surface area contributed by atoms with Crippen LogP contribution in [0, 0.1) is 0 Å². The fraction of sp³-hybridized carbons (Fsp3) is 0.276. The van der Waals surface area contributed by atoms with E-state index in [2.05, 4.69) is 33.7 Å². The molecule has 1 unspecified atom stereocenters. The van der Waals surface area contributed by atoms with Crippen molar-refractivity contribution in [3.05, 3.63) is 90.6 Å². The van der Waals surface area contributed by atoms with Gasteiger partial charge in [-0.25, -0.2) is 9.71 Å². The second-order valence-corrected chi connectivity index (χ2v) is 11.1. The first kappa shape index (κ1) is 26.0. The summed E-state index contributed by atoms with van der Waals surface area (Å²) in [6.07, 6.45) is 0.448. The molecule has 2 heterocycles. The lowest BCUT2D eigenvalue weighted by atomic mass is 10.1. The van der Waals surface area contributed by atoms with Crippen LogP contribution in [0.3, 0.4) is 0 Å². The summed E-state index contributed by atoms with van der Waals surface area (Å²) in [6, 6.07) is 27.9. The van der Waals surface area contributed by atoms with Crippen LogP contribution >= 0.6 is 0 Å². The fourth-order valence-corrected chi connectivity index (χ4v) is 6.13. The predicted octanol–water partition coefficient (Wildman–Crippen LogP) is 4.34. The van der Waals surface area contributed by atoms with Crippen LogP contribution in [-0.4, -0.2) is 62.0 Å². The Morgan fingerprint density at radius 3 is 2.29 bits per heavy atom. The minimum absolute atomic E-state index is 0.0733. The number of para-hydroxylation sites is 1. The van der Waals surface area contributed by atoms with Crippen molar-refractivity contribution < 1.29 is 13.2 Å². The minimum Gasteiger partial charge on any atom is -0.497 e. The molecule has 4 aromatic rings. The van der Waals surface area contributed by atoms with E-state index < -0.39 is 10.2 Å². The quantitative estimate of drug-likeness (QED) is 0.335. The van der Waals surface area contributed by atoms with Crippen LogP contribution in [0.1, 0.15) is 12.6 Å². The van der Waals surface area contributed by atoms with Gasteiger partial charge in [-0.3, -0.25) is 0 Å². The first-order valence-corrected chi connectivity index (χ1v) is 14.2. The Kier molecular flexibility index (Phi) is 7.78. The average Bonchev–Trinajstić information content (AvgIpc) is 3.38. The van der Waals surface area contributed by atoms with E-state index in [1.54, 1.807) is 11.4 Å². The normalized spacial score (nSPS) is 16.5. The lowest BCUT2D eigenvalue weighted by Crippen LogP contribution is -2.56. The molecule has 198 valence electrons. The summed E-state index contributed by atoms with van der Waals surface area (Å²) in [7, 11) is -1.98. The molecule has 2 N–H and O–H groups in total. The molecule has 9 heteroatoms. The predicted molar refractivity (Wildman–Crippen MR) is 151 cm³/mol. The molecule has 3 aromatic carbocycles. The Hall–Kier alpha value is -3.66. The van der Waals surface area contributed by atoms with Crippen molar-refractivity contribution in [1.29, 1.82) is 0 Å². The molecule has 1 aromatic heterocycles. The van der Waals surface area contributed by atoms with Gasteiger partial charge in [0, 0.05) is 55.5 Å². The second-order valence-electron chi connectivity index (χ2n) is 9.39. The van der Waals surface area contributed by atoms with E-state index in [9.17, 15) is 8.42 Å². The highest BCUT2D eigenvalue weighted by Crippen LogP contribution is 2.28. The first-order valence-electron chi connectivity index (χ1n) is 12.8. The second kappa shape index (κ2) is 11.4. The Morgan fingerprint density at radius 2 is 1.63 bits per heavy atom. The van der Waals surface area contributed by atoms with E-state index >= 15 is 0 Å². The number of imidazole rings is 1. The van der Waals surface area contributed by atoms with E-state index in [0.29, 0.717) is 26.1 Å². The summed E-state index contributed by atoms with van der Waals surface area (Å²) in [5.74, 6) is 1.52. The third-order valence-electron chi connectivity index (χ3n) is 6.87. The lowest BCUT2D eigenvalue weighted by molar-refractivity contribution is 0.338. The van der Waals surface area contributed by atoms with E-state index in [1.807, 2.05) is 72.8 Å². The number of H-pyrrole nitrogens is 1. The number of aromatic amines is 1. The molecule has 1 fully saturated rings. The van der Waals surface area contributed by atoms with Crippen LogP contribution in [0.2, 0.25) is 0 Å². The summed E-state index contributed by atoms with van der Waals surface area (Å²) < 4.78 is 36.0. The molecule has 38 heavy (non-hydrogen) atoms. The number of hydrogen-bond acceptors (Lipinski definition) is 5. The van der Waals surface area contributed by atoms with Crippen molar-refractivity contribution in [1.82, 2.24) is 19.0 Å². The largest absolute Gasteiger partial charge is 0.497 e. The van der Waals surface area contributed by atoms with E-state index in [-0.39, 0.29) is 12.6 Å². The molecule has 0 spiro atoms. The van der Waals surface area contributed by atoms with Crippen molar-refractivity contribution in [3.63, 3.8) is 0 Å². The van der Waals surface area contributed by atoms with Gasteiger partial charge in [-0.15, -0.1) is 0 Å². The van der Waals surface area contributed by atoms with Gasteiger partial charge in [0.05, 0.1) is 18.5 Å². The standard InChI is InChI=1S/C29H33N5O3S/c1-22-21-33(19-20-34(22)25-11-7-4-8-12-25)38(35,36)30-18-17-27-28(23-13-15-26(37-2)16-14-23)32-29(31-27)24-9-5-3-6-10-24/h3-16,22,30H,17-21H2,1-2H3,(H,31,32). The molecule has 0 aliphatic carbocycles. The van der Waals surface area contributed by atoms with Crippen LogP contribution in [0.25, 0.3) is 22.6 Å². The SMILES string of the molecule is COc1ccc(-c2[nH]c(-c3ccccc3)nc2CCNS(=O)(=O)N2CCN(c3ccccc3)C(C)C2)cc1. The average molecular weight is 532 g/mol. The molecular weight excluding hydrogens is 498 g/mol. The van der Waals surface area contributed by atoms with Crippen molar-refractivity contribution in [2.45, 2.75) is 19.4 Å². The molecule has 5 rings (SSSR count). The molecule has 1 aliphatic rings. The van der Waals surface area contributed by atoms with Gasteiger partial charge in [0.25, 0.3) is 10.2 Å². The Bertz CT molecular complexity index is 1440. The molecule has 0 amide bonds. The molecule has 1 atom stereocenters. The molecule has 1 aliphatic heterocycles. The Labute approximate surface area is 224 Å². The number of methoxy groups -OCH3 is 1. The van der Waals surface area contributed by atoms with Gasteiger partial charge in [-0.2, -0.15) is 12.7 Å². The maximum Gasteiger partial charge on any atom is 0.279 e. The molecule has 0 radical (unpaired) electrons. The number of aromatic nitrogens is 2. The topological polar surface area (TPSA) is 90.6 Å². The number of piperazine rings is 1. The van der Waals surface area contributed by atoms with Crippen molar-refractivity contribution in [2.75, 3.05) is 38.2 Å². The van der Waals surface area contributed by atoms with Crippen LogP contribution < -0.4 is 14.4 Å². The zero-order chi connectivity index (χ0) is 26.5. The Balaban J connectivity index is 1.28. The smallest absolute Gasteiger partial charge is 0.279 e. The van der Waals surface area contributed by atoms with Crippen molar-refractivity contribution in [2.24, 2.45) is 0 Å². The van der Waals surface area contributed by atoms with Gasteiger partial charge in [0.2, 0.25) is 0 Å². The van der Waals surface area contributed by atoms with E-state index in [4.69, 9.17) is 9.72 Å². The molecular formula is C29H33N5O3S. The maximum absolute atomic E-state index is 13.2. The van der Waals surface area contributed by atoms with Crippen LogP contribution in [0.4, 0.5) is 5.69 Å². The van der Waals surface area contributed by atoms with Crippen molar-refractivity contribution >= 4 is 15.9 Å². The number of nitrogens with zero attached hydrogens (tertiary/aromatic N) is 3. The molecule has 0 saturated carbocycles. The molecule has 8 nitrogen and oxygen atoms in total. The zero-order valence-corrected chi connectivity index (χ0v) is 22.5. The minimum atomic E-state index is -3.62. The highest BCUT2D eigenvalue weighted by molar-refractivity contribution is 7.87. The van der Waals surface area contributed by atoms with Crippen LogP contribution in [0.5, 0.6) is 5.75 Å². The van der Waals surface area contributed by atoms with Crippen LogP contribution in [-0.2, 0) is 16.6 Å². The number of ether oxygens (including phenoxy) is 1. The van der Waals surface area contributed by atoms with Gasteiger partial charge < -0.3 is 14.6 Å². The number of anilines is 1. The highest BCUT2D eigenvalue weighted by Gasteiger charge is 2.31. The summed E-state index contributed by atoms with van der Waals surface area (Å²) in [6.45, 7) is 3.82. The fourth-order valence-electron chi connectivity index (χ4n) is 4.85. The molecule has 1 saturated heterocycles. The lowest BCUT2D eigenvalue weighted by Gasteiger charge is -2.40. The third-order valence-corrected chi connectivity index (χ3v) is 8.45. The van der Waals surface area contributed by atoms with Crippen LogP contribution in [0.15, 0.2) is 84.9 Å². The van der Waals surface area contributed by atoms with Crippen molar-refractivity contribution in [3.8, 4) is 28.4 Å². The van der Waals surface area contributed by atoms with Gasteiger partial charge in [-0.1, -0.05) is 48.5 Å².